The van der Waals surface area contributed by atoms with Gasteiger partial charge in [-0.15, -0.1) is 0 Å². The number of hydroxylamine groups is 1. The second-order valence-corrected chi connectivity index (χ2v) is 2.72. The van der Waals surface area contributed by atoms with Gasteiger partial charge in [-0.2, -0.15) is 5.48 Å². The fourth-order valence-electron chi connectivity index (χ4n) is 1.32. The second-order valence-electron chi connectivity index (χ2n) is 2.72. The van der Waals surface area contributed by atoms with Crippen molar-refractivity contribution in [1.29, 1.82) is 0 Å². The Balaban J connectivity index is 2.16. The van der Waals surface area contributed by atoms with Crippen LogP contribution in [0.4, 0.5) is 0 Å². The first-order valence-corrected chi connectivity index (χ1v) is 3.89. The number of nitrogens with one attached hydrogen (secondary N) is 1. The van der Waals surface area contributed by atoms with Gasteiger partial charge in [0.25, 0.3) is 0 Å². The third kappa shape index (κ3) is 1.42. The molecule has 1 heterocycles. The predicted molar refractivity (Wildman–Crippen MR) is 42.9 cm³/mol. The van der Waals surface area contributed by atoms with Crippen LogP contribution in [0.5, 0.6) is 0 Å². The van der Waals surface area contributed by atoms with Crippen molar-refractivity contribution in [2.75, 3.05) is 6.61 Å². The van der Waals surface area contributed by atoms with Crippen molar-refractivity contribution >= 4 is 0 Å². The van der Waals surface area contributed by atoms with E-state index >= 15 is 0 Å². The van der Waals surface area contributed by atoms with Crippen molar-refractivity contribution in [3.8, 4) is 0 Å². The summed E-state index contributed by atoms with van der Waals surface area (Å²) in [5.74, 6) is 0. The minimum absolute atomic E-state index is 0.399. The van der Waals surface area contributed by atoms with E-state index in [0.29, 0.717) is 6.04 Å². The molecule has 1 fully saturated rings. The van der Waals surface area contributed by atoms with Gasteiger partial charge in [0, 0.05) is 0 Å². The average molecular weight is 149 g/mol. The molecule has 0 aromatic heterocycles. The maximum atomic E-state index is 5.06. The van der Waals surface area contributed by atoms with Gasteiger partial charge in [-0.05, 0) is 12.0 Å². The van der Waals surface area contributed by atoms with E-state index in [1.165, 1.54) is 5.56 Å². The zero-order valence-electron chi connectivity index (χ0n) is 6.29. The van der Waals surface area contributed by atoms with Crippen molar-refractivity contribution in [3.63, 3.8) is 0 Å². The van der Waals surface area contributed by atoms with Gasteiger partial charge in [0.1, 0.15) is 0 Å². The van der Waals surface area contributed by atoms with Gasteiger partial charge >= 0.3 is 0 Å². The van der Waals surface area contributed by atoms with E-state index in [4.69, 9.17) is 4.84 Å². The van der Waals surface area contributed by atoms with Crippen LogP contribution in [0.1, 0.15) is 18.0 Å². The van der Waals surface area contributed by atoms with E-state index < -0.39 is 0 Å². The third-order valence-corrected chi connectivity index (χ3v) is 1.94. The molecule has 1 aromatic rings. The molecular formula is C9H11NO. The van der Waals surface area contributed by atoms with E-state index in [9.17, 15) is 0 Å². The highest BCUT2D eigenvalue weighted by atomic mass is 16.7. The first kappa shape index (κ1) is 6.83. The van der Waals surface area contributed by atoms with Crippen LogP contribution >= 0.6 is 0 Å². The summed E-state index contributed by atoms with van der Waals surface area (Å²) in [6.45, 7) is 0.819. The Bertz CT molecular complexity index is 216. The van der Waals surface area contributed by atoms with Gasteiger partial charge in [-0.3, -0.25) is 0 Å². The molecule has 1 N–H and O–H groups in total. The predicted octanol–water partition coefficient (Wildman–Crippen LogP) is 1.65. The maximum Gasteiger partial charge on any atom is 0.0701 e. The Kier molecular flexibility index (Phi) is 1.88. The molecule has 11 heavy (non-hydrogen) atoms. The normalized spacial score (nSPS) is 23.8. The molecule has 0 unspecified atom stereocenters. The zero-order chi connectivity index (χ0) is 7.52. The minimum Gasteiger partial charge on any atom is -0.301 e. The fourth-order valence-corrected chi connectivity index (χ4v) is 1.32. The van der Waals surface area contributed by atoms with Crippen molar-refractivity contribution < 1.29 is 4.84 Å². The van der Waals surface area contributed by atoms with Gasteiger partial charge in [-0.1, -0.05) is 30.3 Å². The number of hydrogen-bond donors (Lipinski definition) is 1. The van der Waals surface area contributed by atoms with Gasteiger partial charge < -0.3 is 4.84 Å². The molecule has 58 valence electrons. The molecule has 1 saturated heterocycles. The highest BCUT2D eigenvalue weighted by molar-refractivity contribution is 5.18. The number of benzene rings is 1. The lowest BCUT2D eigenvalue weighted by Crippen LogP contribution is -2.10. The maximum absolute atomic E-state index is 5.06. The third-order valence-electron chi connectivity index (χ3n) is 1.94. The lowest BCUT2D eigenvalue weighted by Gasteiger charge is -2.06. The molecule has 0 amide bonds. The minimum atomic E-state index is 0.399. The second kappa shape index (κ2) is 3.03. The van der Waals surface area contributed by atoms with E-state index in [1.54, 1.807) is 0 Å². The van der Waals surface area contributed by atoms with Crippen LogP contribution in [0.2, 0.25) is 0 Å². The summed E-state index contributed by atoms with van der Waals surface area (Å²) in [6.07, 6.45) is 1.07. The van der Waals surface area contributed by atoms with Crippen molar-refractivity contribution in [3.05, 3.63) is 35.9 Å². The SMILES string of the molecule is c1ccc([C@H]2CCON2)cc1. The van der Waals surface area contributed by atoms with E-state index in [2.05, 4.69) is 29.7 Å². The molecule has 2 rings (SSSR count). The molecule has 0 aliphatic carbocycles. The van der Waals surface area contributed by atoms with Crippen LogP contribution in [-0.4, -0.2) is 6.61 Å². The van der Waals surface area contributed by atoms with Gasteiger partial charge in [0.05, 0.1) is 12.6 Å². The van der Waals surface area contributed by atoms with Crippen LogP contribution in [0, 0.1) is 0 Å². The van der Waals surface area contributed by atoms with Crippen LogP contribution in [-0.2, 0) is 4.84 Å². The Labute approximate surface area is 66.1 Å². The molecule has 1 aliphatic heterocycles. The zero-order valence-corrected chi connectivity index (χ0v) is 6.29. The van der Waals surface area contributed by atoms with Crippen molar-refractivity contribution in [1.82, 2.24) is 5.48 Å². The molecule has 2 heteroatoms. The lowest BCUT2D eigenvalue weighted by molar-refractivity contribution is 0.0883. The Morgan fingerprint density at radius 2 is 2.09 bits per heavy atom. The van der Waals surface area contributed by atoms with Crippen LogP contribution in [0.25, 0.3) is 0 Å². The fraction of sp³-hybridized carbons (Fsp3) is 0.333. The molecule has 1 aromatic carbocycles. The molecule has 0 bridgehead atoms. The van der Waals surface area contributed by atoms with Gasteiger partial charge in [0.15, 0.2) is 0 Å². The molecular weight excluding hydrogens is 138 g/mol. The Hall–Kier alpha value is -0.860. The van der Waals surface area contributed by atoms with Gasteiger partial charge in [0.2, 0.25) is 0 Å². The van der Waals surface area contributed by atoms with Crippen LogP contribution in [0.15, 0.2) is 30.3 Å². The quantitative estimate of drug-likeness (QED) is 0.655. The number of rotatable bonds is 1. The molecule has 1 atom stereocenters. The summed E-state index contributed by atoms with van der Waals surface area (Å²) in [5.41, 5.74) is 4.28. The van der Waals surface area contributed by atoms with E-state index in [1.807, 2.05) is 6.07 Å². The molecule has 0 spiro atoms. The Morgan fingerprint density at radius 1 is 1.27 bits per heavy atom. The summed E-state index contributed by atoms with van der Waals surface area (Å²) in [6, 6.07) is 10.8. The smallest absolute Gasteiger partial charge is 0.0701 e. The van der Waals surface area contributed by atoms with Gasteiger partial charge in [-0.25, -0.2) is 0 Å². The Morgan fingerprint density at radius 3 is 2.73 bits per heavy atom. The molecule has 1 aliphatic rings. The lowest BCUT2D eigenvalue weighted by atomic mass is 10.1. The highest BCUT2D eigenvalue weighted by Crippen LogP contribution is 2.19. The molecule has 0 radical (unpaired) electrons. The average Bonchev–Trinajstić information content (AvgIpc) is 2.58. The largest absolute Gasteiger partial charge is 0.301 e. The first-order valence-electron chi connectivity index (χ1n) is 3.89. The van der Waals surface area contributed by atoms with E-state index in [-0.39, 0.29) is 0 Å². The summed E-state index contributed by atoms with van der Waals surface area (Å²) >= 11 is 0. The topological polar surface area (TPSA) is 21.3 Å². The van der Waals surface area contributed by atoms with Crippen molar-refractivity contribution in [2.45, 2.75) is 12.5 Å². The summed E-state index contributed by atoms with van der Waals surface area (Å²) in [7, 11) is 0. The first-order chi connectivity index (χ1) is 5.47. The van der Waals surface area contributed by atoms with Crippen molar-refractivity contribution in [2.24, 2.45) is 0 Å². The van der Waals surface area contributed by atoms with E-state index in [0.717, 1.165) is 13.0 Å². The standard InChI is InChI=1S/C9H11NO/c1-2-4-8(5-3-1)9-6-7-11-10-9/h1-5,9-10H,6-7H2/t9-/m1/s1. The number of hydrogen-bond acceptors (Lipinski definition) is 2. The van der Waals surface area contributed by atoms with Crippen LogP contribution < -0.4 is 5.48 Å². The monoisotopic (exact) mass is 149 g/mol. The summed E-state index contributed by atoms with van der Waals surface area (Å²) < 4.78 is 0. The molecule has 0 saturated carbocycles. The molecule has 2 nitrogen and oxygen atoms in total. The summed E-state index contributed by atoms with van der Waals surface area (Å²) in [4.78, 5) is 5.06. The highest BCUT2D eigenvalue weighted by Gasteiger charge is 2.15. The summed E-state index contributed by atoms with van der Waals surface area (Å²) in [5, 5.41) is 0. The van der Waals surface area contributed by atoms with Crippen LogP contribution in [0.3, 0.4) is 0 Å².